The Labute approximate surface area is 96.6 Å². The van der Waals surface area contributed by atoms with Crippen molar-refractivity contribution in [2.75, 3.05) is 0 Å². The Morgan fingerprint density at radius 2 is 2.06 bits per heavy atom. The maximum absolute atomic E-state index is 12.0. The molecule has 1 amide bonds. The molecule has 1 N–H and O–H groups in total. The minimum Gasteiger partial charge on any atom is -0.480 e. The van der Waals surface area contributed by atoms with Gasteiger partial charge in [-0.1, -0.05) is 20.3 Å². The van der Waals surface area contributed by atoms with Crippen molar-refractivity contribution in [2.24, 2.45) is 5.92 Å². The summed E-state index contributed by atoms with van der Waals surface area (Å²) in [6.07, 6.45) is 2.79. The van der Waals surface area contributed by atoms with Gasteiger partial charge in [0.15, 0.2) is 0 Å². The van der Waals surface area contributed by atoms with Crippen molar-refractivity contribution in [2.45, 2.75) is 58.5 Å². The molecule has 1 rings (SSSR count). The van der Waals surface area contributed by atoms with Gasteiger partial charge in [0.05, 0.1) is 0 Å². The van der Waals surface area contributed by atoms with Crippen molar-refractivity contribution in [1.29, 1.82) is 0 Å². The zero-order valence-corrected chi connectivity index (χ0v) is 10.3. The van der Waals surface area contributed by atoms with E-state index in [2.05, 4.69) is 0 Å². The number of amides is 1. The van der Waals surface area contributed by atoms with Gasteiger partial charge in [-0.05, 0) is 25.7 Å². The van der Waals surface area contributed by atoms with Crippen molar-refractivity contribution >= 4 is 11.9 Å². The second kappa shape index (κ2) is 5.32. The van der Waals surface area contributed by atoms with Crippen molar-refractivity contribution in [3.05, 3.63) is 0 Å². The molecule has 0 spiro atoms. The number of aliphatic carboxylic acids is 1. The number of carbonyl (C=O) groups is 2. The number of rotatable bonds is 4. The topological polar surface area (TPSA) is 57.6 Å². The van der Waals surface area contributed by atoms with E-state index in [0.29, 0.717) is 18.8 Å². The van der Waals surface area contributed by atoms with Gasteiger partial charge in [0.25, 0.3) is 0 Å². The fourth-order valence-electron chi connectivity index (χ4n) is 2.19. The predicted molar refractivity (Wildman–Crippen MR) is 61.0 cm³/mol. The highest BCUT2D eigenvalue weighted by atomic mass is 16.4. The number of hydrogen-bond donors (Lipinski definition) is 1. The van der Waals surface area contributed by atoms with Crippen LogP contribution in [0.5, 0.6) is 0 Å². The lowest BCUT2D eigenvalue weighted by Gasteiger charge is -2.27. The summed E-state index contributed by atoms with van der Waals surface area (Å²) in [6.45, 7) is 5.99. The molecule has 0 aliphatic carbocycles. The number of carboxylic acids is 1. The summed E-state index contributed by atoms with van der Waals surface area (Å²) in [5.41, 5.74) is 0. The molecular weight excluding hydrogens is 206 g/mol. The van der Waals surface area contributed by atoms with Crippen LogP contribution in [0.2, 0.25) is 0 Å². The first-order chi connectivity index (χ1) is 7.47. The van der Waals surface area contributed by atoms with Crippen LogP contribution < -0.4 is 0 Å². The van der Waals surface area contributed by atoms with E-state index < -0.39 is 12.0 Å². The van der Waals surface area contributed by atoms with Crippen molar-refractivity contribution < 1.29 is 14.7 Å². The predicted octanol–water partition coefficient (Wildman–Crippen LogP) is 1.89. The summed E-state index contributed by atoms with van der Waals surface area (Å²) < 4.78 is 0. The molecule has 3 atom stereocenters. The average molecular weight is 227 g/mol. The van der Waals surface area contributed by atoms with Crippen LogP contribution in [-0.4, -0.2) is 34.0 Å². The van der Waals surface area contributed by atoms with Gasteiger partial charge in [0.1, 0.15) is 6.04 Å². The van der Waals surface area contributed by atoms with Gasteiger partial charge in [0, 0.05) is 12.5 Å². The highest BCUT2D eigenvalue weighted by Crippen LogP contribution is 2.26. The maximum atomic E-state index is 12.0. The first kappa shape index (κ1) is 13.0. The molecule has 0 unspecified atom stereocenters. The molecule has 0 bridgehead atoms. The molecule has 1 saturated heterocycles. The summed E-state index contributed by atoms with van der Waals surface area (Å²) in [5, 5.41) is 9.05. The molecule has 0 saturated carbocycles. The molecule has 4 nitrogen and oxygen atoms in total. The third-order valence-electron chi connectivity index (χ3n) is 3.46. The van der Waals surface area contributed by atoms with Crippen molar-refractivity contribution in [3.63, 3.8) is 0 Å². The number of nitrogens with zero attached hydrogens (tertiary/aromatic N) is 1. The molecular formula is C12H21NO3. The van der Waals surface area contributed by atoms with Crippen LogP contribution in [0.15, 0.2) is 0 Å². The Balaban J connectivity index is 2.68. The van der Waals surface area contributed by atoms with Gasteiger partial charge < -0.3 is 10.0 Å². The van der Waals surface area contributed by atoms with Crippen LogP contribution in [0.3, 0.4) is 0 Å². The van der Waals surface area contributed by atoms with Gasteiger partial charge in [-0.25, -0.2) is 4.79 Å². The van der Waals surface area contributed by atoms with Gasteiger partial charge in [-0.3, -0.25) is 4.79 Å². The molecule has 1 aliphatic heterocycles. The second-order valence-corrected chi connectivity index (χ2v) is 4.80. The average Bonchev–Trinajstić information content (AvgIpc) is 2.59. The summed E-state index contributed by atoms with van der Waals surface area (Å²) in [4.78, 5) is 24.6. The zero-order chi connectivity index (χ0) is 12.3. The number of carboxylic acid groups (broad SMARTS) is 1. The fraction of sp³-hybridized carbons (Fsp3) is 0.833. The fourth-order valence-corrected chi connectivity index (χ4v) is 2.19. The third-order valence-corrected chi connectivity index (χ3v) is 3.46. The van der Waals surface area contributed by atoms with E-state index in [4.69, 9.17) is 5.11 Å². The molecule has 0 aromatic carbocycles. The summed E-state index contributed by atoms with van der Waals surface area (Å²) in [6, 6.07) is -0.538. The van der Waals surface area contributed by atoms with E-state index >= 15 is 0 Å². The Hall–Kier alpha value is -1.06. The Bertz CT molecular complexity index is 277. The smallest absolute Gasteiger partial charge is 0.326 e. The first-order valence-corrected chi connectivity index (χ1v) is 6.01. The van der Waals surface area contributed by atoms with Gasteiger partial charge >= 0.3 is 5.97 Å². The monoisotopic (exact) mass is 227 g/mol. The number of hydrogen-bond acceptors (Lipinski definition) is 2. The van der Waals surface area contributed by atoms with Crippen LogP contribution in [0.1, 0.15) is 46.5 Å². The molecule has 4 heteroatoms. The molecule has 0 aromatic heterocycles. The highest BCUT2D eigenvalue weighted by molar-refractivity contribution is 5.84. The van der Waals surface area contributed by atoms with Crippen LogP contribution in [-0.2, 0) is 9.59 Å². The molecule has 0 aromatic rings. The lowest BCUT2D eigenvalue weighted by molar-refractivity contribution is -0.149. The van der Waals surface area contributed by atoms with Crippen LogP contribution in [0.25, 0.3) is 0 Å². The van der Waals surface area contributed by atoms with Crippen LogP contribution in [0.4, 0.5) is 0 Å². The highest BCUT2D eigenvalue weighted by Gasteiger charge is 2.38. The largest absolute Gasteiger partial charge is 0.480 e. The Morgan fingerprint density at radius 3 is 2.56 bits per heavy atom. The van der Waals surface area contributed by atoms with Crippen LogP contribution in [0, 0.1) is 5.92 Å². The summed E-state index contributed by atoms with van der Waals surface area (Å²) >= 11 is 0. The number of likely N-dealkylation sites (tertiary alicyclic amines) is 1. The molecule has 0 radical (unpaired) electrons. The van der Waals surface area contributed by atoms with Gasteiger partial charge in [-0.2, -0.15) is 0 Å². The van der Waals surface area contributed by atoms with E-state index in [0.717, 1.165) is 12.8 Å². The minimum atomic E-state index is -0.873. The molecule has 1 heterocycles. The van der Waals surface area contributed by atoms with Crippen LogP contribution >= 0.6 is 0 Å². The molecule has 1 aliphatic rings. The third kappa shape index (κ3) is 2.74. The number of carbonyl (C=O) groups excluding carboxylic acids is 1. The minimum absolute atomic E-state index is 0.00764. The molecule has 16 heavy (non-hydrogen) atoms. The lowest BCUT2D eigenvalue weighted by atomic mass is 10.0. The summed E-state index contributed by atoms with van der Waals surface area (Å²) in [5.74, 6) is -0.552. The van der Waals surface area contributed by atoms with E-state index in [9.17, 15) is 9.59 Å². The maximum Gasteiger partial charge on any atom is 0.326 e. The standard InChI is InChI=1S/C12H21NO3/c1-4-8(2)7-11(14)13-9(3)5-6-10(13)12(15)16/h8-10H,4-7H2,1-3H3,(H,15,16)/t8-,9-,10-/m0/s1. The van der Waals surface area contributed by atoms with E-state index in [1.165, 1.54) is 0 Å². The Kier molecular flexibility index (Phi) is 4.33. The SMILES string of the molecule is CC[C@H](C)CC(=O)N1[C@@H](C)CC[C@H]1C(=O)O. The normalized spacial score (nSPS) is 26.8. The second-order valence-electron chi connectivity index (χ2n) is 4.80. The van der Waals surface area contributed by atoms with Gasteiger partial charge in [-0.15, -0.1) is 0 Å². The van der Waals surface area contributed by atoms with Crippen molar-refractivity contribution in [3.8, 4) is 0 Å². The molecule has 92 valence electrons. The molecule has 1 fully saturated rings. The van der Waals surface area contributed by atoms with Crippen molar-refractivity contribution in [1.82, 2.24) is 4.90 Å². The zero-order valence-electron chi connectivity index (χ0n) is 10.3. The lowest BCUT2D eigenvalue weighted by Crippen LogP contribution is -2.44. The quantitative estimate of drug-likeness (QED) is 0.797. The van der Waals surface area contributed by atoms with Gasteiger partial charge in [0.2, 0.25) is 5.91 Å². The summed E-state index contributed by atoms with van der Waals surface area (Å²) in [7, 11) is 0. The first-order valence-electron chi connectivity index (χ1n) is 6.01. The Morgan fingerprint density at radius 1 is 1.44 bits per heavy atom. The van der Waals surface area contributed by atoms with E-state index in [1.807, 2.05) is 20.8 Å². The van der Waals surface area contributed by atoms with E-state index in [-0.39, 0.29) is 11.9 Å². The van der Waals surface area contributed by atoms with E-state index in [1.54, 1.807) is 4.90 Å².